The Labute approximate surface area is 55.4 Å². The Kier molecular flexibility index (Phi) is 6.04. The van der Waals surface area contributed by atoms with Crippen molar-refractivity contribution in [2.45, 2.75) is 6.42 Å². The van der Waals surface area contributed by atoms with Crippen molar-refractivity contribution in [3.05, 3.63) is 37.0 Å². The molecule has 0 heterocycles. The van der Waals surface area contributed by atoms with E-state index in [0.717, 1.165) is 12.7 Å². The Morgan fingerprint density at radius 1 is 1.22 bits per heavy atom. The van der Waals surface area contributed by atoms with Crippen molar-refractivity contribution in [3.8, 4) is 0 Å². The topological polar surface area (TPSA) is 17.1 Å². The fraction of sp³-hybridized carbons (Fsp3) is 0.125. The highest BCUT2D eigenvalue weighted by Crippen LogP contribution is 1.82. The summed E-state index contributed by atoms with van der Waals surface area (Å²) in [6.45, 7) is 3.53. The third-order valence-corrected chi connectivity index (χ3v) is 0.740. The van der Waals surface area contributed by atoms with E-state index in [2.05, 4.69) is 6.58 Å². The van der Waals surface area contributed by atoms with Gasteiger partial charge in [-0.05, 0) is 12.5 Å². The van der Waals surface area contributed by atoms with E-state index in [1.165, 1.54) is 6.08 Å². The molecule has 0 aromatic rings. The van der Waals surface area contributed by atoms with Gasteiger partial charge in [-0.2, -0.15) is 0 Å². The first-order valence-corrected chi connectivity index (χ1v) is 2.79. The summed E-state index contributed by atoms with van der Waals surface area (Å²) in [5.41, 5.74) is 0. The van der Waals surface area contributed by atoms with Gasteiger partial charge in [-0.3, -0.25) is 4.79 Å². The highest BCUT2D eigenvalue weighted by atomic mass is 16.1. The van der Waals surface area contributed by atoms with Gasteiger partial charge in [0.05, 0.1) is 0 Å². The van der Waals surface area contributed by atoms with Crippen molar-refractivity contribution in [1.29, 1.82) is 0 Å². The summed E-state index contributed by atoms with van der Waals surface area (Å²) in [5.74, 6) is 0. The maximum atomic E-state index is 9.70. The van der Waals surface area contributed by atoms with Gasteiger partial charge in [0.2, 0.25) is 0 Å². The molecule has 0 saturated carbocycles. The van der Waals surface area contributed by atoms with Crippen molar-refractivity contribution in [1.82, 2.24) is 0 Å². The first-order chi connectivity index (χ1) is 4.41. The standard InChI is InChI=1S/C8H10O/c1-2-3-4-5-6-7-8-9/h2,4-8H,1,3H2/b5-4-,7-6+. The molecular formula is C8H10O. The average Bonchev–Trinajstić information content (AvgIpc) is 1.89. The number of allylic oxidation sites excluding steroid dienone is 5. The molecule has 9 heavy (non-hydrogen) atoms. The van der Waals surface area contributed by atoms with Crippen molar-refractivity contribution < 1.29 is 4.79 Å². The van der Waals surface area contributed by atoms with E-state index in [0.29, 0.717) is 0 Å². The molecule has 0 aliphatic heterocycles. The van der Waals surface area contributed by atoms with Crippen LogP contribution in [0.1, 0.15) is 6.42 Å². The largest absolute Gasteiger partial charge is 0.299 e. The zero-order valence-corrected chi connectivity index (χ0v) is 5.29. The van der Waals surface area contributed by atoms with Crippen LogP contribution >= 0.6 is 0 Å². The number of aldehydes is 1. The fourth-order valence-electron chi connectivity index (χ4n) is 0.363. The molecular weight excluding hydrogens is 112 g/mol. The lowest BCUT2D eigenvalue weighted by Gasteiger charge is -1.73. The van der Waals surface area contributed by atoms with Gasteiger partial charge in [0.25, 0.3) is 0 Å². The zero-order valence-electron chi connectivity index (χ0n) is 5.29. The van der Waals surface area contributed by atoms with Crippen LogP contribution in [0, 0.1) is 0 Å². The van der Waals surface area contributed by atoms with E-state index < -0.39 is 0 Å². The second-order valence-electron chi connectivity index (χ2n) is 1.47. The lowest BCUT2D eigenvalue weighted by Crippen LogP contribution is -1.57. The van der Waals surface area contributed by atoms with Crippen molar-refractivity contribution in [2.75, 3.05) is 0 Å². The SMILES string of the molecule is C=CC/C=C\C=C\C=O. The molecule has 0 saturated heterocycles. The third kappa shape index (κ3) is 6.89. The number of hydrogen-bond acceptors (Lipinski definition) is 1. The second kappa shape index (κ2) is 6.89. The maximum absolute atomic E-state index is 9.70. The zero-order chi connectivity index (χ0) is 6.95. The fourth-order valence-corrected chi connectivity index (χ4v) is 0.363. The van der Waals surface area contributed by atoms with Crippen LogP contribution in [-0.2, 0) is 4.79 Å². The normalized spacial score (nSPS) is 10.7. The smallest absolute Gasteiger partial charge is 0.142 e. The Hall–Kier alpha value is -1.11. The van der Waals surface area contributed by atoms with E-state index in [9.17, 15) is 4.79 Å². The minimum Gasteiger partial charge on any atom is -0.299 e. The van der Waals surface area contributed by atoms with Crippen LogP contribution in [0.4, 0.5) is 0 Å². The Bertz CT molecular complexity index is 132. The average molecular weight is 122 g/mol. The van der Waals surface area contributed by atoms with Crippen molar-refractivity contribution in [2.24, 2.45) is 0 Å². The molecule has 0 aromatic carbocycles. The maximum Gasteiger partial charge on any atom is 0.142 e. The molecule has 0 spiro atoms. The predicted octanol–water partition coefficient (Wildman–Crippen LogP) is 1.87. The van der Waals surface area contributed by atoms with E-state index in [1.807, 2.05) is 12.2 Å². The molecule has 1 nitrogen and oxygen atoms in total. The van der Waals surface area contributed by atoms with Crippen molar-refractivity contribution >= 4 is 6.29 Å². The van der Waals surface area contributed by atoms with E-state index in [4.69, 9.17) is 0 Å². The lowest BCUT2D eigenvalue weighted by atomic mass is 10.3. The molecule has 0 aromatic heterocycles. The summed E-state index contributed by atoms with van der Waals surface area (Å²) in [4.78, 5) is 9.70. The van der Waals surface area contributed by atoms with Crippen molar-refractivity contribution in [3.63, 3.8) is 0 Å². The number of hydrogen-bond donors (Lipinski definition) is 0. The van der Waals surface area contributed by atoms with Gasteiger partial charge in [0.1, 0.15) is 6.29 Å². The summed E-state index contributed by atoms with van der Waals surface area (Å²) in [6, 6.07) is 0. The van der Waals surface area contributed by atoms with Crippen LogP contribution in [0.25, 0.3) is 0 Å². The van der Waals surface area contributed by atoms with E-state index in [1.54, 1.807) is 12.2 Å². The predicted molar refractivity (Wildman–Crippen MR) is 39.2 cm³/mol. The summed E-state index contributed by atoms with van der Waals surface area (Å²) in [5, 5.41) is 0. The van der Waals surface area contributed by atoms with Gasteiger partial charge in [0, 0.05) is 0 Å². The molecule has 0 atom stereocenters. The quantitative estimate of drug-likeness (QED) is 0.241. The number of carbonyl (C=O) groups is 1. The number of carbonyl (C=O) groups excluding carboxylic acids is 1. The van der Waals surface area contributed by atoms with Crippen LogP contribution in [0.3, 0.4) is 0 Å². The molecule has 0 aliphatic carbocycles. The van der Waals surface area contributed by atoms with Gasteiger partial charge < -0.3 is 0 Å². The minimum atomic E-state index is 0.748. The molecule has 0 amide bonds. The molecule has 0 aliphatic rings. The van der Waals surface area contributed by atoms with Gasteiger partial charge >= 0.3 is 0 Å². The summed E-state index contributed by atoms with van der Waals surface area (Å²) in [7, 11) is 0. The molecule has 0 bridgehead atoms. The summed E-state index contributed by atoms with van der Waals surface area (Å²) in [6.07, 6.45) is 10.3. The monoisotopic (exact) mass is 122 g/mol. The van der Waals surface area contributed by atoms with Gasteiger partial charge in [-0.15, -0.1) is 6.58 Å². The molecule has 0 N–H and O–H groups in total. The number of rotatable bonds is 4. The van der Waals surface area contributed by atoms with Crippen LogP contribution in [-0.4, -0.2) is 6.29 Å². The Balaban J connectivity index is 3.33. The van der Waals surface area contributed by atoms with Gasteiger partial charge in [-0.25, -0.2) is 0 Å². The second-order valence-corrected chi connectivity index (χ2v) is 1.47. The Morgan fingerprint density at radius 3 is 2.56 bits per heavy atom. The van der Waals surface area contributed by atoms with Crippen LogP contribution in [0.2, 0.25) is 0 Å². The third-order valence-electron chi connectivity index (χ3n) is 0.740. The molecule has 48 valence electrons. The van der Waals surface area contributed by atoms with E-state index in [-0.39, 0.29) is 0 Å². The molecule has 0 rings (SSSR count). The molecule has 0 radical (unpaired) electrons. The molecule has 1 heteroatoms. The minimum absolute atomic E-state index is 0.748. The highest BCUT2D eigenvalue weighted by Gasteiger charge is 1.63. The molecule has 0 unspecified atom stereocenters. The van der Waals surface area contributed by atoms with Gasteiger partial charge in [0.15, 0.2) is 0 Å². The van der Waals surface area contributed by atoms with E-state index >= 15 is 0 Å². The first kappa shape index (κ1) is 7.89. The van der Waals surface area contributed by atoms with Crippen LogP contribution in [0.15, 0.2) is 37.0 Å². The lowest BCUT2D eigenvalue weighted by molar-refractivity contribution is -0.104. The summed E-state index contributed by atoms with van der Waals surface area (Å²) < 4.78 is 0. The van der Waals surface area contributed by atoms with Crippen LogP contribution < -0.4 is 0 Å². The molecule has 0 fully saturated rings. The van der Waals surface area contributed by atoms with Gasteiger partial charge in [-0.1, -0.05) is 24.3 Å². The first-order valence-electron chi connectivity index (χ1n) is 2.79. The highest BCUT2D eigenvalue weighted by molar-refractivity contribution is 5.65. The van der Waals surface area contributed by atoms with Crippen LogP contribution in [0.5, 0.6) is 0 Å². The Morgan fingerprint density at radius 2 is 2.00 bits per heavy atom. The summed E-state index contributed by atoms with van der Waals surface area (Å²) >= 11 is 0.